The molecule has 4 N–H and O–H groups in total. The Kier molecular flexibility index (Phi) is 10.7. The molecule has 0 aromatic heterocycles. The van der Waals surface area contributed by atoms with Crippen LogP contribution in [0.1, 0.15) is 68.2 Å². The van der Waals surface area contributed by atoms with Gasteiger partial charge in [0, 0.05) is 0 Å². The summed E-state index contributed by atoms with van der Waals surface area (Å²) in [6.45, 7) is 14.1. The number of carboxylic acids is 1. The van der Waals surface area contributed by atoms with Gasteiger partial charge in [0.05, 0.1) is 0 Å². The molecule has 9 nitrogen and oxygen atoms in total. The topological polar surface area (TPSA) is 134 Å². The Bertz CT molecular complexity index is 583. The lowest BCUT2D eigenvalue weighted by Gasteiger charge is -2.27. The molecule has 0 aliphatic rings. The number of amides is 3. The Morgan fingerprint density at radius 1 is 0.793 bits per heavy atom. The minimum Gasteiger partial charge on any atom is -0.480 e. The number of carbonyl (C=O) groups excluding carboxylic acids is 3. The van der Waals surface area contributed by atoms with Crippen LogP contribution >= 0.6 is 0 Å². The van der Waals surface area contributed by atoms with E-state index in [0.29, 0.717) is 12.8 Å². The van der Waals surface area contributed by atoms with Crippen molar-refractivity contribution >= 4 is 23.9 Å². The molecular weight excluding hydrogens is 378 g/mol. The van der Waals surface area contributed by atoms with E-state index in [1.54, 1.807) is 20.8 Å². The predicted molar refractivity (Wildman–Crippen MR) is 109 cm³/mol. The van der Waals surface area contributed by atoms with Gasteiger partial charge in [0.1, 0.15) is 23.7 Å². The third-order valence-electron chi connectivity index (χ3n) is 3.78. The van der Waals surface area contributed by atoms with Gasteiger partial charge in [0.2, 0.25) is 11.8 Å². The van der Waals surface area contributed by atoms with E-state index in [0.717, 1.165) is 0 Å². The van der Waals surface area contributed by atoms with Crippen molar-refractivity contribution < 1.29 is 29.0 Å². The molecule has 0 saturated carbocycles. The summed E-state index contributed by atoms with van der Waals surface area (Å²) >= 11 is 0. The Balaban J connectivity index is 5.31. The number of aliphatic carboxylic acids is 1. The Morgan fingerprint density at radius 3 is 1.59 bits per heavy atom. The normalized spacial score (nSPS) is 14.7. The molecular formula is C20H37N3O6. The van der Waals surface area contributed by atoms with Crippen LogP contribution in [0.15, 0.2) is 0 Å². The fraction of sp³-hybridized carbons (Fsp3) is 0.800. The first-order valence-corrected chi connectivity index (χ1v) is 9.95. The highest BCUT2D eigenvalue weighted by Gasteiger charge is 2.30. The van der Waals surface area contributed by atoms with Gasteiger partial charge in [-0.05, 0) is 52.4 Å². The number of hydrogen-bond acceptors (Lipinski definition) is 5. The fourth-order valence-corrected chi connectivity index (χ4v) is 2.50. The van der Waals surface area contributed by atoms with Gasteiger partial charge in [0.25, 0.3) is 0 Å². The quantitative estimate of drug-likeness (QED) is 0.431. The molecule has 29 heavy (non-hydrogen) atoms. The number of alkyl carbamates (subject to hydrolysis) is 1. The van der Waals surface area contributed by atoms with E-state index in [2.05, 4.69) is 16.0 Å². The monoisotopic (exact) mass is 415 g/mol. The summed E-state index contributed by atoms with van der Waals surface area (Å²) in [4.78, 5) is 48.4. The van der Waals surface area contributed by atoms with E-state index in [-0.39, 0.29) is 11.8 Å². The number of carbonyl (C=O) groups is 4. The lowest BCUT2D eigenvalue weighted by Crippen LogP contribution is -2.56. The molecule has 3 atom stereocenters. The average molecular weight is 416 g/mol. The van der Waals surface area contributed by atoms with Crippen molar-refractivity contribution in [2.45, 2.75) is 92.0 Å². The Hall–Kier alpha value is -2.32. The molecule has 0 bridgehead atoms. The summed E-state index contributed by atoms with van der Waals surface area (Å²) in [7, 11) is 0. The largest absolute Gasteiger partial charge is 0.480 e. The van der Waals surface area contributed by atoms with Gasteiger partial charge in [-0.15, -0.1) is 0 Å². The van der Waals surface area contributed by atoms with Crippen molar-refractivity contribution in [1.82, 2.24) is 16.0 Å². The van der Waals surface area contributed by atoms with E-state index < -0.39 is 47.6 Å². The van der Waals surface area contributed by atoms with E-state index in [1.807, 2.05) is 27.7 Å². The zero-order valence-corrected chi connectivity index (χ0v) is 18.8. The molecule has 0 saturated heterocycles. The first-order valence-electron chi connectivity index (χ1n) is 9.95. The summed E-state index contributed by atoms with van der Waals surface area (Å²) in [6.07, 6.45) is -0.0418. The standard InChI is InChI=1S/C20H37N3O6/c1-11(2)9-14(16(24)21-13(5)18(26)27)22-17(25)15(10-12(3)4)23-19(28)29-20(6,7)8/h11-15H,9-10H2,1-8H3,(H,21,24)(H,22,25)(H,23,28)(H,26,27). The second-order valence-corrected chi connectivity index (χ2v) is 9.09. The lowest BCUT2D eigenvalue weighted by atomic mass is 10.00. The zero-order chi connectivity index (χ0) is 22.9. The average Bonchev–Trinajstić information content (AvgIpc) is 2.50. The first kappa shape index (κ1) is 26.7. The summed E-state index contributed by atoms with van der Waals surface area (Å²) in [5.41, 5.74) is -0.712. The van der Waals surface area contributed by atoms with Crippen LogP contribution in [-0.2, 0) is 19.1 Å². The van der Waals surface area contributed by atoms with Crippen LogP contribution in [0.2, 0.25) is 0 Å². The molecule has 0 radical (unpaired) electrons. The van der Waals surface area contributed by atoms with Crippen molar-refractivity contribution in [1.29, 1.82) is 0 Å². The summed E-state index contributed by atoms with van der Waals surface area (Å²) in [6, 6.07) is -2.89. The third-order valence-corrected chi connectivity index (χ3v) is 3.78. The van der Waals surface area contributed by atoms with Crippen LogP contribution in [0.25, 0.3) is 0 Å². The molecule has 3 unspecified atom stereocenters. The van der Waals surface area contributed by atoms with Gasteiger partial charge in [-0.1, -0.05) is 27.7 Å². The smallest absolute Gasteiger partial charge is 0.408 e. The molecule has 0 heterocycles. The number of carboxylic acid groups (broad SMARTS) is 1. The van der Waals surface area contributed by atoms with E-state index >= 15 is 0 Å². The second kappa shape index (κ2) is 11.6. The molecule has 3 amide bonds. The highest BCUT2D eigenvalue weighted by atomic mass is 16.6. The molecule has 0 rings (SSSR count). The predicted octanol–water partition coefficient (Wildman–Crippen LogP) is 2.05. The summed E-state index contributed by atoms with van der Waals surface area (Å²) in [5, 5.41) is 16.6. The third kappa shape index (κ3) is 12.0. The highest BCUT2D eigenvalue weighted by molar-refractivity contribution is 5.92. The Labute approximate surface area is 173 Å². The maximum Gasteiger partial charge on any atom is 0.408 e. The number of nitrogens with one attached hydrogen (secondary N) is 3. The molecule has 9 heteroatoms. The van der Waals surface area contributed by atoms with Gasteiger partial charge in [-0.3, -0.25) is 14.4 Å². The number of hydrogen-bond donors (Lipinski definition) is 4. The van der Waals surface area contributed by atoms with E-state index in [1.165, 1.54) is 6.92 Å². The van der Waals surface area contributed by atoms with Gasteiger partial charge in [-0.2, -0.15) is 0 Å². The Morgan fingerprint density at radius 2 is 1.21 bits per heavy atom. The van der Waals surface area contributed by atoms with Gasteiger partial charge < -0.3 is 25.8 Å². The minimum absolute atomic E-state index is 0.0774. The van der Waals surface area contributed by atoms with Crippen molar-refractivity contribution in [3.8, 4) is 0 Å². The van der Waals surface area contributed by atoms with Crippen LogP contribution in [0.4, 0.5) is 4.79 Å². The number of rotatable bonds is 10. The molecule has 0 fully saturated rings. The zero-order valence-electron chi connectivity index (χ0n) is 18.8. The molecule has 0 aromatic carbocycles. The SMILES string of the molecule is CC(C)CC(NC(=O)OC(C)(C)C)C(=O)NC(CC(C)C)C(=O)NC(C)C(=O)O. The summed E-state index contributed by atoms with van der Waals surface area (Å²) in [5.74, 6) is -2.09. The highest BCUT2D eigenvalue weighted by Crippen LogP contribution is 2.11. The van der Waals surface area contributed by atoms with Crippen LogP contribution in [0.5, 0.6) is 0 Å². The van der Waals surface area contributed by atoms with Gasteiger partial charge >= 0.3 is 12.1 Å². The van der Waals surface area contributed by atoms with Crippen LogP contribution < -0.4 is 16.0 Å². The molecule has 0 aliphatic carbocycles. The molecule has 0 spiro atoms. The lowest BCUT2D eigenvalue weighted by molar-refractivity contribution is -0.141. The minimum atomic E-state index is -1.17. The maximum atomic E-state index is 12.8. The van der Waals surface area contributed by atoms with Crippen LogP contribution in [-0.4, -0.2) is 52.7 Å². The van der Waals surface area contributed by atoms with E-state index in [9.17, 15) is 19.2 Å². The molecule has 0 aromatic rings. The number of ether oxygens (including phenoxy) is 1. The van der Waals surface area contributed by atoms with Crippen molar-refractivity contribution in [2.24, 2.45) is 11.8 Å². The van der Waals surface area contributed by atoms with E-state index in [4.69, 9.17) is 9.84 Å². The van der Waals surface area contributed by atoms with Crippen LogP contribution in [0.3, 0.4) is 0 Å². The van der Waals surface area contributed by atoms with Crippen molar-refractivity contribution in [3.05, 3.63) is 0 Å². The van der Waals surface area contributed by atoms with Gasteiger partial charge in [-0.25, -0.2) is 4.79 Å². The van der Waals surface area contributed by atoms with Gasteiger partial charge in [0.15, 0.2) is 0 Å². The maximum absolute atomic E-state index is 12.8. The van der Waals surface area contributed by atoms with Crippen LogP contribution in [0, 0.1) is 11.8 Å². The molecule has 168 valence electrons. The van der Waals surface area contributed by atoms with Crippen molar-refractivity contribution in [2.75, 3.05) is 0 Å². The molecule has 0 aliphatic heterocycles. The van der Waals surface area contributed by atoms with Crippen molar-refractivity contribution in [3.63, 3.8) is 0 Å². The second-order valence-electron chi connectivity index (χ2n) is 9.09. The first-order chi connectivity index (χ1) is 13.1. The fourth-order valence-electron chi connectivity index (χ4n) is 2.50. The summed E-state index contributed by atoms with van der Waals surface area (Å²) < 4.78 is 5.22.